The quantitative estimate of drug-likeness (QED) is 0.334. The lowest BCUT2D eigenvalue weighted by Crippen LogP contribution is -2.42. The number of rotatable bonds is 8. The fraction of sp³-hybridized carbons (Fsp3) is 0.292. The van der Waals surface area contributed by atoms with Crippen LogP contribution in [0.25, 0.3) is 6.08 Å². The number of esters is 1. The van der Waals surface area contributed by atoms with Gasteiger partial charge < -0.3 is 14.2 Å². The molecule has 2 aromatic carbocycles. The summed E-state index contributed by atoms with van der Waals surface area (Å²) in [5.41, 5.74) is 2.82. The largest absolute Gasteiger partial charge is 0.493 e. The molecule has 0 spiro atoms. The fourth-order valence-electron chi connectivity index (χ4n) is 3.10. The van der Waals surface area contributed by atoms with Crippen LogP contribution in [-0.4, -0.2) is 41.8 Å². The molecule has 1 aliphatic heterocycles. The molecule has 0 aliphatic carbocycles. The van der Waals surface area contributed by atoms with Crippen LogP contribution in [0.4, 0.5) is 4.79 Å². The highest BCUT2D eigenvalue weighted by Crippen LogP contribution is 2.38. The van der Waals surface area contributed by atoms with E-state index in [4.69, 9.17) is 14.2 Å². The van der Waals surface area contributed by atoms with Crippen LogP contribution in [0.5, 0.6) is 11.5 Å². The fourth-order valence-corrected chi connectivity index (χ4v) is 4.44. The molecular weight excluding hydrogens is 510 g/mol. The van der Waals surface area contributed by atoms with Gasteiger partial charge in [0.1, 0.15) is 12.6 Å². The van der Waals surface area contributed by atoms with Crippen molar-refractivity contribution in [2.45, 2.75) is 33.4 Å². The van der Waals surface area contributed by atoms with Crippen molar-refractivity contribution in [2.75, 3.05) is 13.7 Å². The number of amides is 2. The smallest absolute Gasteiger partial charge is 0.329 e. The molecule has 9 heteroatoms. The average Bonchev–Trinajstić information content (AvgIpc) is 3.07. The van der Waals surface area contributed by atoms with Gasteiger partial charge in [0.05, 0.1) is 18.6 Å². The number of methoxy groups -OCH3 is 1. The van der Waals surface area contributed by atoms with Gasteiger partial charge >= 0.3 is 5.97 Å². The molecule has 0 saturated carbocycles. The lowest BCUT2D eigenvalue weighted by atomic mass is 10.1. The van der Waals surface area contributed by atoms with Crippen molar-refractivity contribution in [3.8, 4) is 11.5 Å². The first-order valence-electron chi connectivity index (χ1n) is 10.2. The van der Waals surface area contributed by atoms with Crippen molar-refractivity contribution in [2.24, 2.45) is 0 Å². The second-order valence-electron chi connectivity index (χ2n) is 7.28. The minimum Gasteiger partial charge on any atom is -0.493 e. The van der Waals surface area contributed by atoms with Crippen LogP contribution in [-0.2, 0) is 20.9 Å². The molecule has 0 radical (unpaired) electrons. The van der Waals surface area contributed by atoms with Gasteiger partial charge in [-0.1, -0.05) is 45.8 Å². The van der Waals surface area contributed by atoms with Crippen LogP contribution >= 0.6 is 27.7 Å². The number of thioether (sulfide) groups is 1. The maximum absolute atomic E-state index is 12.8. The van der Waals surface area contributed by atoms with Gasteiger partial charge in [-0.05, 0) is 61.9 Å². The Morgan fingerprint density at radius 1 is 1.18 bits per heavy atom. The minimum absolute atomic E-state index is 0.167. The average molecular weight is 534 g/mol. The summed E-state index contributed by atoms with van der Waals surface area (Å²) < 4.78 is 17.0. The Balaban J connectivity index is 1.81. The number of aryl methyl sites for hydroxylation is 1. The zero-order valence-corrected chi connectivity index (χ0v) is 21.1. The predicted octanol–water partition coefficient (Wildman–Crippen LogP) is 5.33. The Bertz CT molecular complexity index is 1100. The van der Waals surface area contributed by atoms with Crippen molar-refractivity contribution < 1.29 is 28.6 Å². The van der Waals surface area contributed by atoms with Crippen LogP contribution < -0.4 is 9.47 Å². The Kier molecular flexibility index (Phi) is 8.20. The second kappa shape index (κ2) is 10.9. The number of benzene rings is 2. The van der Waals surface area contributed by atoms with Crippen LogP contribution in [0, 0.1) is 6.92 Å². The first-order chi connectivity index (χ1) is 15.7. The second-order valence-corrected chi connectivity index (χ2v) is 9.13. The molecule has 2 amide bonds. The molecule has 1 heterocycles. The van der Waals surface area contributed by atoms with E-state index >= 15 is 0 Å². The van der Waals surface area contributed by atoms with Crippen LogP contribution in [0.3, 0.4) is 0 Å². The van der Waals surface area contributed by atoms with E-state index in [1.807, 2.05) is 31.2 Å². The van der Waals surface area contributed by atoms with Crippen LogP contribution in [0.2, 0.25) is 0 Å². The Morgan fingerprint density at radius 3 is 2.52 bits per heavy atom. The number of hydrogen-bond donors (Lipinski definition) is 0. The summed E-state index contributed by atoms with van der Waals surface area (Å²) in [5.74, 6) is -0.156. The SMILES string of the molecule is CCOC(=O)[C@H](C)N1C(=O)S/C(=C/c2cc(OC)c(OCc3ccc(C)cc3)cc2Br)C1=O. The molecule has 3 rings (SSSR count). The molecule has 1 aliphatic rings. The molecular formula is C24H24BrNO6S. The summed E-state index contributed by atoms with van der Waals surface area (Å²) in [4.78, 5) is 38.3. The monoisotopic (exact) mass is 533 g/mol. The highest BCUT2D eigenvalue weighted by atomic mass is 79.9. The third-order valence-corrected chi connectivity index (χ3v) is 6.49. The molecule has 7 nitrogen and oxygen atoms in total. The topological polar surface area (TPSA) is 82.1 Å². The van der Waals surface area contributed by atoms with Crippen molar-refractivity contribution in [1.82, 2.24) is 4.90 Å². The van der Waals surface area contributed by atoms with Crippen molar-refractivity contribution >= 4 is 50.9 Å². The van der Waals surface area contributed by atoms with Crippen LogP contribution in [0.15, 0.2) is 45.8 Å². The van der Waals surface area contributed by atoms with Crippen LogP contribution in [0.1, 0.15) is 30.5 Å². The maximum atomic E-state index is 12.8. The Hall–Kier alpha value is -2.78. The summed E-state index contributed by atoms with van der Waals surface area (Å²) in [6.07, 6.45) is 1.58. The number of imide groups is 1. The molecule has 0 unspecified atom stereocenters. The molecule has 33 heavy (non-hydrogen) atoms. The Morgan fingerprint density at radius 2 is 1.88 bits per heavy atom. The van der Waals surface area contributed by atoms with Gasteiger partial charge in [-0.3, -0.25) is 14.5 Å². The van der Waals surface area contributed by atoms with Crippen molar-refractivity contribution in [3.63, 3.8) is 0 Å². The lowest BCUT2D eigenvalue weighted by Gasteiger charge is -2.19. The normalized spacial score (nSPS) is 15.7. The van der Waals surface area contributed by atoms with Gasteiger partial charge in [-0.2, -0.15) is 0 Å². The van der Waals surface area contributed by atoms with E-state index in [0.29, 0.717) is 28.1 Å². The first-order valence-corrected chi connectivity index (χ1v) is 11.9. The van der Waals surface area contributed by atoms with Crippen molar-refractivity contribution in [3.05, 3.63) is 62.5 Å². The summed E-state index contributed by atoms with van der Waals surface area (Å²) in [7, 11) is 1.53. The van der Waals surface area contributed by atoms with E-state index in [2.05, 4.69) is 15.9 Å². The molecule has 1 atom stereocenters. The molecule has 0 N–H and O–H groups in total. The molecule has 0 aromatic heterocycles. The van der Waals surface area contributed by atoms with E-state index in [9.17, 15) is 14.4 Å². The van der Waals surface area contributed by atoms with E-state index in [0.717, 1.165) is 22.2 Å². The predicted molar refractivity (Wildman–Crippen MR) is 130 cm³/mol. The maximum Gasteiger partial charge on any atom is 0.329 e. The van der Waals surface area contributed by atoms with Gasteiger partial charge in [0.25, 0.3) is 11.1 Å². The zero-order valence-electron chi connectivity index (χ0n) is 18.7. The standard InChI is InChI=1S/C24H24BrNO6S/c1-5-31-23(28)15(3)26-22(27)21(33-24(26)29)11-17-10-19(30-4)20(12-18(17)25)32-13-16-8-6-14(2)7-9-16/h6-12,15H,5,13H2,1-4H3/b21-11+/t15-/m0/s1. The molecule has 1 fully saturated rings. The third kappa shape index (κ3) is 5.78. The van der Waals surface area contributed by atoms with E-state index in [-0.39, 0.29) is 11.5 Å². The molecule has 2 aromatic rings. The van der Waals surface area contributed by atoms with Gasteiger partial charge in [0.15, 0.2) is 11.5 Å². The summed E-state index contributed by atoms with van der Waals surface area (Å²) in [5, 5.41) is -0.520. The summed E-state index contributed by atoms with van der Waals surface area (Å²) in [6, 6.07) is 10.5. The summed E-state index contributed by atoms with van der Waals surface area (Å²) in [6.45, 7) is 5.69. The van der Waals surface area contributed by atoms with Gasteiger partial charge in [0, 0.05) is 4.47 Å². The molecule has 1 saturated heterocycles. The zero-order chi connectivity index (χ0) is 24.1. The number of carbonyl (C=O) groups excluding carboxylic acids is 3. The van der Waals surface area contributed by atoms with Gasteiger partial charge in [0.2, 0.25) is 0 Å². The number of halogens is 1. The minimum atomic E-state index is -1.00. The number of ether oxygens (including phenoxy) is 3. The first kappa shape index (κ1) is 24.9. The highest BCUT2D eigenvalue weighted by molar-refractivity contribution is 9.10. The molecule has 174 valence electrons. The van der Waals surface area contributed by atoms with E-state index < -0.39 is 23.2 Å². The number of carbonyl (C=O) groups is 3. The number of nitrogens with zero attached hydrogens (tertiary/aromatic N) is 1. The van der Waals surface area contributed by atoms with Gasteiger partial charge in [-0.15, -0.1) is 0 Å². The van der Waals surface area contributed by atoms with E-state index in [1.54, 1.807) is 25.1 Å². The Labute approximate surface area is 205 Å². The number of hydrogen-bond acceptors (Lipinski definition) is 7. The van der Waals surface area contributed by atoms with Gasteiger partial charge in [-0.25, -0.2) is 4.79 Å². The summed E-state index contributed by atoms with van der Waals surface area (Å²) >= 11 is 4.28. The van der Waals surface area contributed by atoms with Crippen molar-refractivity contribution in [1.29, 1.82) is 0 Å². The van der Waals surface area contributed by atoms with E-state index in [1.165, 1.54) is 19.6 Å². The molecule has 0 bridgehead atoms. The third-order valence-electron chi connectivity index (χ3n) is 4.92. The highest BCUT2D eigenvalue weighted by Gasteiger charge is 2.41. The lowest BCUT2D eigenvalue weighted by molar-refractivity contribution is -0.150.